The van der Waals surface area contributed by atoms with E-state index >= 15 is 0 Å². The summed E-state index contributed by atoms with van der Waals surface area (Å²) in [6, 6.07) is 6.84. The van der Waals surface area contributed by atoms with Gasteiger partial charge >= 0.3 is 0 Å². The number of benzene rings is 1. The number of nitrogens with zero attached hydrogens (tertiary/aromatic N) is 1. The van der Waals surface area contributed by atoms with Gasteiger partial charge in [-0.25, -0.2) is 8.42 Å². The molecular formula is C16H21NO3S. The lowest BCUT2D eigenvalue weighted by molar-refractivity contribution is 0.305. The summed E-state index contributed by atoms with van der Waals surface area (Å²) >= 11 is 0. The molecule has 4 nitrogen and oxygen atoms in total. The Balaban J connectivity index is 2.33. The summed E-state index contributed by atoms with van der Waals surface area (Å²) in [6.45, 7) is 1.15. The highest BCUT2D eigenvalue weighted by Gasteiger charge is 2.26. The van der Waals surface area contributed by atoms with Gasteiger partial charge in [-0.3, -0.25) is 0 Å². The van der Waals surface area contributed by atoms with Crippen LogP contribution in [0.5, 0.6) is 0 Å². The summed E-state index contributed by atoms with van der Waals surface area (Å²) in [4.78, 5) is 0.275. The molecule has 114 valence electrons. The lowest BCUT2D eigenvalue weighted by atomic mass is 10.2. The van der Waals surface area contributed by atoms with E-state index in [1.807, 2.05) is 0 Å². The van der Waals surface area contributed by atoms with Gasteiger partial charge in [-0.15, -0.1) is 0 Å². The number of rotatable bonds is 3. The van der Waals surface area contributed by atoms with Crippen LogP contribution < -0.4 is 0 Å². The maximum absolute atomic E-state index is 12.8. The number of hydrogen-bond acceptors (Lipinski definition) is 3. The first-order valence-corrected chi connectivity index (χ1v) is 8.79. The van der Waals surface area contributed by atoms with Crippen LogP contribution in [0.1, 0.15) is 37.7 Å². The van der Waals surface area contributed by atoms with Crippen molar-refractivity contribution in [1.29, 1.82) is 0 Å². The quantitative estimate of drug-likeness (QED) is 0.869. The largest absolute Gasteiger partial charge is 0.395 e. The molecule has 21 heavy (non-hydrogen) atoms. The summed E-state index contributed by atoms with van der Waals surface area (Å²) in [6.07, 6.45) is 4.35. The molecule has 1 saturated heterocycles. The third-order valence-electron chi connectivity index (χ3n) is 3.53. The molecule has 1 fully saturated rings. The van der Waals surface area contributed by atoms with Crippen molar-refractivity contribution < 1.29 is 13.5 Å². The van der Waals surface area contributed by atoms with Crippen molar-refractivity contribution in [2.75, 3.05) is 19.7 Å². The molecule has 0 aliphatic carbocycles. The fourth-order valence-electron chi connectivity index (χ4n) is 2.43. The third kappa shape index (κ3) is 4.07. The molecule has 1 N–H and O–H groups in total. The molecule has 0 amide bonds. The lowest BCUT2D eigenvalue weighted by Gasteiger charge is -2.20. The van der Waals surface area contributed by atoms with E-state index in [9.17, 15) is 8.42 Å². The molecule has 2 rings (SSSR count). The number of hydrogen-bond donors (Lipinski definition) is 1. The van der Waals surface area contributed by atoms with Gasteiger partial charge in [-0.2, -0.15) is 4.31 Å². The van der Waals surface area contributed by atoms with Gasteiger partial charge in [0.2, 0.25) is 10.0 Å². The minimum atomic E-state index is -3.48. The van der Waals surface area contributed by atoms with Crippen LogP contribution in [0.4, 0.5) is 0 Å². The van der Waals surface area contributed by atoms with Crippen molar-refractivity contribution in [2.45, 2.75) is 37.0 Å². The Morgan fingerprint density at radius 1 is 1.10 bits per heavy atom. The fourth-order valence-corrected chi connectivity index (χ4v) is 4.09. The molecule has 5 heteroatoms. The van der Waals surface area contributed by atoms with Gasteiger partial charge in [0.25, 0.3) is 0 Å². The summed E-state index contributed by atoms with van der Waals surface area (Å²) < 4.78 is 27.2. The Morgan fingerprint density at radius 2 is 1.76 bits per heavy atom. The molecule has 1 aliphatic rings. The molecule has 1 aliphatic heterocycles. The Labute approximate surface area is 126 Å². The Kier molecular flexibility index (Phi) is 5.80. The van der Waals surface area contributed by atoms with E-state index in [1.165, 1.54) is 0 Å². The molecule has 0 aromatic heterocycles. The molecule has 0 spiro atoms. The van der Waals surface area contributed by atoms with E-state index in [4.69, 9.17) is 5.11 Å². The second-order valence-corrected chi connectivity index (χ2v) is 7.00. The number of aliphatic hydroxyl groups is 1. The fraction of sp³-hybridized carbons (Fsp3) is 0.500. The third-order valence-corrected chi connectivity index (χ3v) is 5.49. The van der Waals surface area contributed by atoms with E-state index < -0.39 is 10.0 Å². The zero-order valence-corrected chi connectivity index (χ0v) is 12.9. The smallest absolute Gasteiger partial charge is 0.244 e. The SMILES string of the molecule is O=S(=O)(c1ccccc1C#CCCO)N1CCCCCC1. The molecule has 0 radical (unpaired) electrons. The summed E-state index contributed by atoms with van der Waals surface area (Å²) in [5.41, 5.74) is 0.509. The van der Waals surface area contributed by atoms with E-state index in [0.29, 0.717) is 25.1 Å². The summed E-state index contributed by atoms with van der Waals surface area (Å²) in [5.74, 6) is 5.66. The first-order valence-electron chi connectivity index (χ1n) is 7.35. The highest BCUT2D eigenvalue weighted by molar-refractivity contribution is 7.89. The molecule has 1 heterocycles. The van der Waals surface area contributed by atoms with Gasteiger partial charge in [-0.05, 0) is 25.0 Å². The topological polar surface area (TPSA) is 57.6 Å². The molecular weight excluding hydrogens is 286 g/mol. The second kappa shape index (κ2) is 7.60. The lowest BCUT2D eigenvalue weighted by Crippen LogP contribution is -2.32. The highest BCUT2D eigenvalue weighted by Crippen LogP contribution is 2.22. The first-order chi connectivity index (χ1) is 10.2. The van der Waals surface area contributed by atoms with Gasteiger partial charge in [0.15, 0.2) is 0 Å². The minimum absolute atomic E-state index is 0.0198. The molecule has 0 unspecified atom stereocenters. The van der Waals surface area contributed by atoms with Crippen LogP contribution in [-0.2, 0) is 10.0 Å². The molecule has 1 aromatic carbocycles. The van der Waals surface area contributed by atoms with E-state index in [1.54, 1.807) is 28.6 Å². The summed E-state index contributed by atoms with van der Waals surface area (Å²) in [7, 11) is -3.48. The first kappa shape index (κ1) is 16.0. The van der Waals surface area contributed by atoms with Crippen molar-refractivity contribution in [3.63, 3.8) is 0 Å². The normalized spacial score (nSPS) is 16.8. The van der Waals surface area contributed by atoms with Crippen molar-refractivity contribution in [1.82, 2.24) is 4.31 Å². The van der Waals surface area contributed by atoms with E-state index in [2.05, 4.69) is 11.8 Å². The zero-order chi connectivity index (χ0) is 15.1. The molecule has 0 saturated carbocycles. The zero-order valence-electron chi connectivity index (χ0n) is 12.1. The second-order valence-electron chi connectivity index (χ2n) is 5.09. The maximum atomic E-state index is 12.8. The van der Waals surface area contributed by atoms with Crippen LogP contribution in [0.2, 0.25) is 0 Å². The van der Waals surface area contributed by atoms with E-state index in [0.717, 1.165) is 25.7 Å². The average molecular weight is 307 g/mol. The van der Waals surface area contributed by atoms with Gasteiger partial charge in [0.1, 0.15) is 0 Å². The Hall–Kier alpha value is -1.35. The standard InChI is InChI=1S/C16H21NO3S/c18-14-8-5-10-15-9-3-4-11-16(15)21(19,20)17-12-6-1-2-7-13-17/h3-4,9,11,18H,1-2,6-8,12-14H2. The van der Waals surface area contributed by atoms with Crippen LogP contribution in [0.3, 0.4) is 0 Å². The number of sulfonamides is 1. The van der Waals surface area contributed by atoms with Crippen molar-refractivity contribution in [2.24, 2.45) is 0 Å². The van der Waals surface area contributed by atoms with Crippen LogP contribution in [0.15, 0.2) is 29.2 Å². The average Bonchev–Trinajstić information content (AvgIpc) is 2.77. The van der Waals surface area contributed by atoms with Crippen LogP contribution in [-0.4, -0.2) is 37.5 Å². The molecule has 0 atom stereocenters. The Bertz CT molecular complexity index is 620. The van der Waals surface area contributed by atoms with Crippen molar-refractivity contribution in [3.05, 3.63) is 29.8 Å². The van der Waals surface area contributed by atoms with Crippen molar-refractivity contribution in [3.8, 4) is 11.8 Å². The Morgan fingerprint density at radius 3 is 2.43 bits per heavy atom. The highest BCUT2D eigenvalue weighted by atomic mass is 32.2. The number of aliphatic hydroxyl groups excluding tert-OH is 1. The molecule has 0 bridgehead atoms. The predicted molar refractivity (Wildman–Crippen MR) is 82.2 cm³/mol. The van der Waals surface area contributed by atoms with Crippen LogP contribution in [0, 0.1) is 11.8 Å². The molecule has 1 aromatic rings. The monoisotopic (exact) mass is 307 g/mol. The summed E-state index contributed by atoms with van der Waals surface area (Å²) in [5, 5.41) is 8.78. The van der Waals surface area contributed by atoms with Crippen LogP contribution in [0.25, 0.3) is 0 Å². The van der Waals surface area contributed by atoms with Crippen molar-refractivity contribution >= 4 is 10.0 Å². The minimum Gasteiger partial charge on any atom is -0.395 e. The van der Waals surface area contributed by atoms with Crippen LogP contribution >= 0.6 is 0 Å². The maximum Gasteiger partial charge on any atom is 0.244 e. The van der Waals surface area contributed by atoms with Gasteiger partial charge in [0.05, 0.1) is 11.5 Å². The predicted octanol–water partition coefficient (Wildman–Crippen LogP) is 1.99. The van der Waals surface area contributed by atoms with Gasteiger partial charge in [-0.1, -0.05) is 36.8 Å². The van der Waals surface area contributed by atoms with Gasteiger partial charge in [0, 0.05) is 25.1 Å². The van der Waals surface area contributed by atoms with E-state index in [-0.39, 0.29) is 11.5 Å². The van der Waals surface area contributed by atoms with Gasteiger partial charge < -0.3 is 5.11 Å².